The van der Waals surface area contributed by atoms with Crippen LogP contribution in [0.3, 0.4) is 0 Å². The number of unbranched alkanes of at least 4 members (excludes halogenated alkanes) is 1. The molecule has 0 radical (unpaired) electrons. The Morgan fingerprint density at radius 3 is 1.43 bits per heavy atom. The molecule has 0 aliphatic carbocycles. The summed E-state index contributed by atoms with van der Waals surface area (Å²) in [7, 11) is 0. The summed E-state index contributed by atoms with van der Waals surface area (Å²) < 4.78 is 49.1. The van der Waals surface area contributed by atoms with Gasteiger partial charge in [-0.15, -0.1) is 0 Å². The molecule has 2 rings (SSSR count). The summed E-state index contributed by atoms with van der Waals surface area (Å²) in [4.78, 5) is 12.1. The van der Waals surface area contributed by atoms with Gasteiger partial charge in [0, 0.05) is 12.2 Å². The SMILES string of the molecule is CCCCNc1ccc(C(=O)OCCOCCOCCOCCOCCOCCOCCOCCOc2ccccc2)cc1. The van der Waals surface area contributed by atoms with Gasteiger partial charge in [0.05, 0.1) is 98.1 Å². The summed E-state index contributed by atoms with van der Waals surface area (Å²) in [5.74, 6) is 0.482. The Kier molecular flexibility index (Phi) is 23.6. The molecular weight excluding hydrogens is 570 g/mol. The van der Waals surface area contributed by atoms with Crippen molar-refractivity contribution in [3.8, 4) is 5.75 Å². The van der Waals surface area contributed by atoms with Gasteiger partial charge in [-0.3, -0.25) is 0 Å². The van der Waals surface area contributed by atoms with Crippen molar-refractivity contribution < 1.29 is 47.4 Å². The highest BCUT2D eigenvalue weighted by atomic mass is 16.6. The van der Waals surface area contributed by atoms with Gasteiger partial charge in [0.2, 0.25) is 0 Å². The molecule has 2 aromatic carbocycles. The van der Waals surface area contributed by atoms with Crippen LogP contribution in [0.1, 0.15) is 30.1 Å². The molecule has 11 nitrogen and oxygen atoms in total. The third kappa shape index (κ3) is 21.0. The van der Waals surface area contributed by atoms with Crippen LogP contribution in [0.5, 0.6) is 5.75 Å². The van der Waals surface area contributed by atoms with Crippen LogP contribution in [0.4, 0.5) is 5.69 Å². The molecule has 11 heteroatoms. The molecule has 248 valence electrons. The van der Waals surface area contributed by atoms with Crippen LogP contribution < -0.4 is 10.1 Å². The zero-order valence-electron chi connectivity index (χ0n) is 26.2. The monoisotopic (exact) mass is 621 g/mol. The topological polar surface area (TPSA) is 112 Å². The molecule has 0 aliphatic rings. The molecule has 2 aromatic rings. The van der Waals surface area contributed by atoms with Crippen molar-refractivity contribution in [2.24, 2.45) is 0 Å². The first kappa shape index (κ1) is 37.4. The summed E-state index contributed by atoms with van der Waals surface area (Å²) in [6.07, 6.45) is 2.25. The molecule has 0 aliphatic heterocycles. The molecule has 0 amide bonds. The van der Waals surface area contributed by atoms with Crippen LogP contribution in [0.15, 0.2) is 54.6 Å². The van der Waals surface area contributed by atoms with Crippen molar-refractivity contribution in [3.63, 3.8) is 0 Å². The van der Waals surface area contributed by atoms with Crippen molar-refractivity contribution in [2.45, 2.75) is 19.8 Å². The molecular formula is C33H51NO10. The van der Waals surface area contributed by atoms with E-state index in [9.17, 15) is 4.79 Å². The van der Waals surface area contributed by atoms with Gasteiger partial charge in [-0.1, -0.05) is 31.5 Å². The molecule has 0 fully saturated rings. The van der Waals surface area contributed by atoms with Crippen molar-refractivity contribution in [1.82, 2.24) is 0 Å². The number of benzene rings is 2. The number of anilines is 1. The summed E-state index contributed by atoms with van der Waals surface area (Å²) in [6.45, 7) is 10.5. The second kappa shape index (κ2) is 27.8. The molecule has 44 heavy (non-hydrogen) atoms. The number of hydrogen-bond acceptors (Lipinski definition) is 11. The first-order valence-corrected chi connectivity index (χ1v) is 15.5. The lowest BCUT2D eigenvalue weighted by Crippen LogP contribution is -2.15. The summed E-state index contributed by atoms with van der Waals surface area (Å²) in [5.41, 5.74) is 1.52. The van der Waals surface area contributed by atoms with Gasteiger partial charge in [-0.05, 0) is 42.8 Å². The number of rotatable bonds is 30. The maximum absolute atomic E-state index is 12.1. The van der Waals surface area contributed by atoms with Gasteiger partial charge in [0.1, 0.15) is 19.0 Å². The first-order chi connectivity index (χ1) is 21.8. The Balaban J connectivity index is 1.22. The van der Waals surface area contributed by atoms with Gasteiger partial charge in [-0.2, -0.15) is 0 Å². The fourth-order valence-corrected chi connectivity index (χ4v) is 3.57. The molecule has 0 saturated carbocycles. The third-order valence-corrected chi connectivity index (χ3v) is 5.91. The summed E-state index contributed by atoms with van der Waals surface area (Å²) >= 11 is 0. The van der Waals surface area contributed by atoms with E-state index in [2.05, 4.69) is 12.2 Å². The molecule has 0 heterocycles. The van der Waals surface area contributed by atoms with Gasteiger partial charge in [-0.25, -0.2) is 4.79 Å². The number of carbonyl (C=O) groups is 1. The summed E-state index contributed by atoms with van der Waals surface area (Å²) in [6, 6.07) is 17.0. The second-order valence-electron chi connectivity index (χ2n) is 9.44. The van der Waals surface area contributed by atoms with Gasteiger partial charge < -0.3 is 47.9 Å². The minimum atomic E-state index is -0.358. The van der Waals surface area contributed by atoms with E-state index >= 15 is 0 Å². The molecule has 0 spiro atoms. The standard InChI is InChI=1S/C33H51NO10/c1-2-3-13-34-31-11-9-30(10-12-31)33(35)44-29-27-42-25-23-40-21-19-38-17-15-36-14-16-37-18-20-39-22-24-41-26-28-43-32-7-5-4-6-8-32/h4-12,34H,2-3,13-29H2,1H3. The average molecular weight is 622 g/mol. The van der Waals surface area contributed by atoms with E-state index in [4.69, 9.17) is 42.6 Å². The maximum Gasteiger partial charge on any atom is 0.338 e. The Morgan fingerprint density at radius 1 is 0.545 bits per heavy atom. The van der Waals surface area contributed by atoms with Crippen molar-refractivity contribution >= 4 is 11.7 Å². The Labute approximate surface area is 262 Å². The van der Waals surface area contributed by atoms with E-state index in [1.165, 1.54) is 0 Å². The average Bonchev–Trinajstić information content (AvgIpc) is 3.05. The fraction of sp³-hybridized carbons (Fsp3) is 0.606. The molecule has 0 saturated heterocycles. The smallest absolute Gasteiger partial charge is 0.338 e. The van der Waals surface area contributed by atoms with E-state index in [0.717, 1.165) is 30.8 Å². The number of hydrogen-bond donors (Lipinski definition) is 1. The Bertz CT molecular complexity index is 917. The highest BCUT2D eigenvalue weighted by molar-refractivity contribution is 5.89. The number of carbonyl (C=O) groups excluding carboxylic acids is 1. The molecule has 0 atom stereocenters. The van der Waals surface area contributed by atoms with Gasteiger partial charge >= 0.3 is 5.97 Å². The predicted molar refractivity (Wildman–Crippen MR) is 168 cm³/mol. The zero-order valence-corrected chi connectivity index (χ0v) is 26.2. The summed E-state index contributed by atoms with van der Waals surface area (Å²) in [5, 5.41) is 3.32. The van der Waals surface area contributed by atoms with Crippen molar-refractivity contribution in [2.75, 3.05) is 118 Å². The van der Waals surface area contributed by atoms with Crippen LogP contribution in [0.25, 0.3) is 0 Å². The van der Waals surface area contributed by atoms with Crippen LogP contribution in [-0.4, -0.2) is 118 Å². The zero-order chi connectivity index (χ0) is 31.2. The quantitative estimate of drug-likeness (QED) is 0.0998. The van der Waals surface area contributed by atoms with Gasteiger partial charge in [0.15, 0.2) is 0 Å². The lowest BCUT2D eigenvalue weighted by atomic mass is 10.2. The minimum Gasteiger partial charge on any atom is -0.491 e. The number of para-hydroxylation sites is 1. The van der Waals surface area contributed by atoms with Crippen LogP contribution in [0.2, 0.25) is 0 Å². The van der Waals surface area contributed by atoms with E-state index in [1.807, 2.05) is 42.5 Å². The second-order valence-corrected chi connectivity index (χ2v) is 9.44. The minimum absolute atomic E-state index is 0.194. The largest absolute Gasteiger partial charge is 0.491 e. The van der Waals surface area contributed by atoms with E-state index in [-0.39, 0.29) is 12.6 Å². The first-order valence-electron chi connectivity index (χ1n) is 15.5. The molecule has 0 bridgehead atoms. The van der Waals surface area contributed by atoms with Crippen molar-refractivity contribution in [1.29, 1.82) is 0 Å². The van der Waals surface area contributed by atoms with Gasteiger partial charge in [0.25, 0.3) is 0 Å². The number of esters is 1. The Hall–Kier alpha value is -2.77. The Morgan fingerprint density at radius 2 is 0.977 bits per heavy atom. The fourth-order valence-electron chi connectivity index (χ4n) is 3.57. The lowest BCUT2D eigenvalue weighted by molar-refractivity contribution is -0.0228. The maximum atomic E-state index is 12.1. The molecule has 0 unspecified atom stereocenters. The van der Waals surface area contributed by atoms with Crippen LogP contribution in [0, 0.1) is 0 Å². The predicted octanol–water partition coefficient (Wildman–Crippen LogP) is 4.25. The van der Waals surface area contributed by atoms with Crippen LogP contribution >= 0.6 is 0 Å². The lowest BCUT2D eigenvalue weighted by Gasteiger charge is -2.09. The number of nitrogens with one attached hydrogen (secondary N) is 1. The normalized spacial score (nSPS) is 11.0. The highest BCUT2D eigenvalue weighted by Gasteiger charge is 2.06. The molecule has 1 N–H and O–H groups in total. The number of ether oxygens (including phenoxy) is 9. The van der Waals surface area contributed by atoms with E-state index in [1.54, 1.807) is 12.1 Å². The third-order valence-electron chi connectivity index (χ3n) is 5.91. The van der Waals surface area contributed by atoms with Crippen LogP contribution in [-0.2, 0) is 37.9 Å². The van der Waals surface area contributed by atoms with E-state index < -0.39 is 0 Å². The molecule has 0 aromatic heterocycles. The van der Waals surface area contributed by atoms with Crippen molar-refractivity contribution in [3.05, 3.63) is 60.2 Å². The van der Waals surface area contributed by atoms with E-state index in [0.29, 0.717) is 105 Å². The highest BCUT2D eigenvalue weighted by Crippen LogP contribution is 2.11.